The molecular formula is C19H24ClN3O. The van der Waals surface area contributed by atoms with E-state index in [2.05, 4.69) is 41.4 Å². The van der Waals surface area contributed by atoms with Gasteiger partial charge in [0, 0.05) is 30.7 Å². The highest BCUT2D eigenvalue weighted by Gasteiger charge is 2.12. The summed E-state index contributed by atoms with van der Waals surface area (Å²) in [4.78, 5) is 7.06. The molecular weight excluding hydrogens is 322 g/mol. The number of morpholine rings is 1. The Hall–Kier alpha value is -1.62. The number of hydrogen-bond acceptors (Lipinski definition) is 4. The molecule has 2 aromatic rings. The summed E-state index contributed by atoms with van der Waals surface area (Å²) in [7, 11) is 0. The number of hydrogen-bond donors (Lipinski definition) is 1. The van der Waals surface area contributed by atoms with Gasteiger partial charge in [0.2, 0.25) is 0 Å². The highest BCUT2D eigenvalue weighted by atomic mass is 35.5. The van der Waals surface area contributed by atoms with Gasteiger partial charge in [-0.15, -0.1) is 0 Å². The fourth-order valence-electron chi connectivity index (χ4n) is 2.90. The van der Waals surface area contributed by atoms with Crippen molar-refractivity contribution >= 4 is 17.4 Å². The van der Waals surface area contributed by atoms with Crippen LogP contribution in [0.25, 0.3) is 0 Å². The van der Waals surface area contributed by atoms with Crippen molar-refractivity contribution in [1.82, 2.24) is 10.3 Å². The largest absolute Gasteiger partial charge is 0.378 e. The maximum Gasteiger partial charge on any atom is 0.129 e. The van der Waals surface area contributed by atoms with E-state index in [1.54, 1.807) is 0 Å². The quantitative estimate of drug-likeness (QED) is 0.871. The van der Waals surface area contributed by atoms with E-state index in [4.69, 9.17) is 21.3 Å². The number of nitrogens with zero attached hydrogens (tertiary/aromatic N) is 2. The molecule has 3 rings (SSSR count). The molecule has 1 aliphatic heterocycles. The number of nitrogens with one attached hydrogen (secondary N) is 1. The Morgan fingerprint density at radius 1 is 1.21 bits per heavy atom. The normalized spacial score (nSPS) is 16.2. The van der Waals surface area contributed by atoms with Crippen LogP contribution in [0.15, 0.2) is 42.5 Å². The van der Waals surface area contributed by atoms with Crippen LogP contribution in [-0.2, 0) is 17.7 Å². The molecule has 0 saturated carbocycles. The van der Waals surface area contributed by atoms with E-state index in [-0.39, 0.29) is 0 Å². The molecule has 1 aromatic carbocycles. The van der Waals surface area contributed by atoms with Crippen LogP contribution < -0.4 is 10.2 Å². The molecule has 1 atom stereocenters. The van der Waals surface area contributed by atoms with Gasteiger partial charge in [-0.2, -0.15) is 0 Å². The van der Waals surface area contributed by atoms with Gasteiger partial charge in [0.15, 0.2) is 0 Å². The number of ether oxygens (including phenoxy) is 1. The molecule has 0 aliphatic carbocycles. The zero-order chi connectivity index (χ0) is 16.8. The second-order valence-electron chi connectivity index (χ2n) is 6.20. The van der Waals surface area contributed by atoms with E-state index in [9.17, 15) is 0 Å². The summed E-state index contributed by atoms with van der Waals surface area (Å²) in [6, 6.07) is 14.6. The molecule has 0 bridgehead atoms. The summed E-state index contributed by atoms with van der Waals surface area (Å²) in [6.45, 7) is 6.33. The zero-order valence-corrected chi connectivity index (χ0v) is 14.8. The fourth-order valence-corrected chi connectivity index (χ4v) is 3.12. The van der Waals surface area contributed by atoms with Gasteiger partial charge >= 0.3 is 0 Å². The molecule has 0 spiro atoms. The van der Waals surface area contributed by atoms with E-state index in [0.29, 0.717) is 6.04 Å². The van der Waals surface area contributed by atoms with Crippen molar-refractivity contribution in [3.05, 3.63) is 58.7 Å². The molecule has 2 heterocycles. The predicted octanol–water partition coefficient (Wildman–Crippen LogP) is 3.29. The van der Waals surface area contributed by atoms with Gasteiger partial charge in [-0.3, -0.25) is 0 Å². The number of benzene rings is 1. The highest BCUT2D eigenvalue weighted by molar-refractivity contribution is 6.30. The van der Waals surface area contributed by atoms with E-state index < -0.39 is 0 Å². The Balaban J connectivity index is 1.54. The van der Waals surface area contributed by atoms with Crippen molar-refractivity contribution in [2.24, 2.45) is 0 Å². The summed E-state index contributed by atoms with van der Waals surface area (Å²) in [5, 5.41) is 4.34. The number of rotatable bonds is 6. The molecule has 1 fully saturated rings. The van der Waals surface area contributed by atoms with Crippen molar-refractivity contribution in [2.45, 2.75) is 25.9 Å². The standard InChI is InChI=1S/C19H24ClN3O/c1-15(12-16-4-2-5-17(20)13-16)21-14-18-6-3-7-19(22-18)23-8-10-24-11-9-23/h2-7,13,15,21H,8-12,14H2,1H3. The van der Waals surface area contributed by atoms with Gasteiger partial charge in [-0.25, -0.2) is 4.98 Å². The Morgan fingerprint density at radius 3 is 2.79 bits per heavy atom. The first-order chi connectivity index (χ1) is 11.7. The third-order valence-electron chi connectivity index (χ3n) is 4.19. The second-order valence-corrected chi connectivity index (χ2v) is 6.64. The van der Waals surface area contributed by atoms with Gasteiger partial charge in [0.25, 0.3) is 0 Å². The molecule has 0 radical (unpaired) electrons. The Morgan fingerprint density at radius 2 is 2.00 bits per heavy atom. The maximum absolute atomic E-state index is 6.05. The summed E-state index contributed by atoms with van der Waals surface area (Å²) >= 11 is 6.05. The average Bonchev–Trinajstić information content (AvgIpc) is 2.61. The van der Waals surface area contributed by atoms with Crippen LogP contribution >= 0.6 is 11.6 Å². The van der Waals surface area contributed by atoms with Crippen LogP contribution in [0.1, 0.15) is 18.2 Å². The van der Waals surface area contributed by atoms with Crippen molar-refractivity contribution in [3.8, 4) is 0 Å². The molecule has 5 heteroatoms. The van der Waals surface area contributed by atoms with Gasteiger partial charge in [-0.05, 0) is 43.2 Å². The van der Waals surface area contributed by atoms with Gasteiger partial charge in [0.05, 0.1) is 18.9 Å². The minimum atomic E-state index is 0.359. The first-order valence-electron chi connectivity index (χ1n) is 8.47. The predicted molar refractivity (Wildman–Crippen MR) is 98.7 cm³/mol. The lowest BCUT2D eigenvalue weighted by Crippen LogP contribution is -2.37. The Labute approximate surface area is 148 Å². The lowest BCUT2D eigenvalue weighted by atomic mass is 10.1. The number of halogens is 1. The van der Waals surface area contributed by atoms with E-state index in [1.807, 2.05) is 18.2 Å². The minimum absolute atomic E-state index is 0.359. The Bertz CT molecular complexity index is 659. The monoisotopic (exact) mass is 345 g/mol. The van der Waals surface area contributed by atoms with Crippen LogP contribution in [0, 0.1) is 0 Å². The van der Waals surface area contributed by atoms with Gasteiger partial charge in [0.1, 0.15) is 5.82 Å². The number of aromatic nitrogens is 1. The first kappa shape index (κ1) is 17.2. The van der Waals surface area contributed by atoms with Crippen molar-refractivity contribution in [2.75, 3.05) is 31.2 Å². The molecule has 0 amide bonds. The van der Waals surface area contributed by atoms with Gasteiger partial charge < -0.3 is 15.0 Å². The average molecular weight is 346 g/mol. The molecule has 1 aromatic heterocycles. The van der Waals surface area contributed by atoms with Crippen molar-refractivity contribution < 1.29 is 4.74 Å². The third kappa shape index (κ3) is 4.94. The van der Waals surface area contributed by atoms with Crippen LogP contribution in [0.2, 0.25) is 5.02 Å². The molecule has 128 valence electrons. The van der Waals surface area contributed by atoms with Crippen molar-refractivity contribution in [3.63, 3.8) is 0 Å². The molecule has 1 saturated heterocycles. The van der Waals surface area contributed by atoms with Crippen LogP contribution in [0.4, 0.5) is 5.82 Å². The minimum Gasteiger partial charge on any atom is -0.378 e. The first-order valence-corrected chi connectivity index (χ1v) is 8.85. The van der Waals surface area contributed by atoms with E-state index >= 15 is 0 Å². The SMILES string of the molecule is CC(Cc1cccc(Cl)c1)NCc1cccc(N2CCOCC2)n1. The molecule has 24 heavy (non-hydrogen) atoms. The van der Waals surface area contributed by atoms with Crippen molar-refractivity contribution in [1.29, 1.82) is 0 Å². The highest BCUT2D eigenvalue weighted by Crippen LogP contribution is 2.14. The second kappa shape index (κ2) is 8.47. The zero-order valence-electron chi connectivity index (χ0n) is 14.0. The van der Waals surface area contributed by atoms with Crippen LogP contribution in [-0.4, -0.2) is 37.3 Å². The molecule has 1 unspecified atom stereocenters. The molecule has 1 N–H and O–H groups in total. The topological polar surface area (TPSA) is 37.4 Å². The van der Waals surface area contributed by atoms with E-state index in [1.165, 1.54) is 5.56 Å². The molecule has 4 nitrogen and oxygen atoms in total. The number of pyridine rings is 1. The summed E-state index contributed by atoms with van der Waals surface area (Å²) < 4.78 is 5.40. The summed E-state index contributed by atoms with van der Waals surface area (Å²) in [6.07, 6.45) is 0.948. The summed E-state index contributed by atoms with van der Waals surface area (Å²) in [5.41, 5.74) is 2.31. The van der Waals surface area contributed by atoms with E-state index in [0.717, 1.165) is 55.8 Å². The maximum atomic E-state index is 6.05. The Kier molecular flexibility index (Phi) is 6.07. The van der Waals surface area contributed by atoms with Gasteiger partial charge in [-0.1, -0.05) is 29.8 Å². The van der Waals surface area contributed by atoms with Crippen LogP contribution in [0.5, 0.6) is 0 Å². The lowest BCUT2D eigenvalue weighted by molar-refractivity contribution is 0.122. The fraction of sp³-hybridized carbons (Fsp3) is 0.421. The van der Waals surface area contributed by atoms with Crippen LogP contribution in [0.3, 0.4) is 0 Å². The third-order valence-corrected chi connectivity index (χ3v) is 4.42. The smallest absolute Gasteiger partial charge is 0.129 e. The molecule has 1 aliphatic rings. The summed E-state index contributed by atoms with van der Waals surface area (Å²) in [5.74, 6) is 1.04. The number of anilines is 1. The lowest BCUT2D eigenvalue weighted by Gasteiger charge is -2.28.